The first-order valence-corrected chi connectivity index (χ1v) is 9.25. The molecule has 0 radical (unpaired) electrons. The van der Waals surface area contributed by atoms with Crippen molar-refractivity contribution in [3.63, 3.8) is 0 Å². The summed E-state index contributed by atoms with van der Waals surface area (Å²) in [5, 5.41) is 8.59. The maximum atomic E-state index is 4.87. The van der Waals surface area contributed by atoms with Gasteiger partial charge in [0.15, 0.2) is 0 Å². The molecule has 1 atom stereocenters. The van der Waals surface area contributed by atoms with Crippen LogP contribution in [0, 0.1) is 6.92 Å². The van der Waals surface area contributed by atoms with Crippen molar-refractivity contribution in [2.75, 3.05) is 13.1 Å². The predicted octanol–water partition coefficient (Wildman–Crippen LogP) is 2.90. The molecule has 1 aliphatic heterocycles. The van der Waals surface area contributed by atoms with Crippen molar-refractivity contribution in [1.82, 2.24) is 29.4 Å². The Kier molecular flexibility index (Phi) is 4.59. The maximum absolute atomic E-state index is 4.87. The van der Waals surface area contributed by atoms with Crippen LogP contribution in [0.3, 0.4) is 0 Å². The van der Waals surface area contributed by atoms with Crippen molar-refractivity contribution >= 4 is 0 Å². The van der Waals surface area contributed by atoms with E-state index < -0.39 is 0 Å². The van der Waals surface area contributed by atoms with Crippen LogP contribution in [0.25, 0.3) is 11.1 Å². The van der Waals surface area contributed by atoms with E-state index in [0.29, 0.717) is 5.92 Å². The van der Waals surface area contributed by atoms with E-state index >= 15 is 0 Å². The molecule has 0 bridgehead atoms. The van der Waals surface area contributed by atoms with Crippen LogP contribution in [0.5, 0.6) is 0 Å². The number of piperidine rings is 1. The van der Waals surface area contributed by atoms with Gasteiger partial charge in [-0.25, -0.2) is 0 Å². The molecule has 0 saturated carbocycles. The molecule has 6 heteroatoms. The molecular weight excluding hydrogens is 324 g/mol. The lowest BCUT2D eigenvalue weighted by Crippen LogP contribution is -2.34. The third-order valence-corrected chi connectivity index (χ3v) is 5.24. The van der Waals surface area contributed by atoms with Gasteiger partial charge in [-0.1, -0.05) is 0 Å². The van der Waals surface area contributed by atoms with Crippen molar-refractivity contribution < 1.29 is 0 Å². The highest BCUT2D eigenvalue weighted by Crippen LogP contribution is 2.30. The first-order chi connectivity index (χ1) is 12.6. The van der Waals surface area contributed by atoms with E-state index in [1.807, 2.05) is 35.9 Å². The lowest BCUT2D eigenvalue weighted by Gasteiger charge is -2.32. The van der Waals surface area contributed by atoms with Gasteiger partial charge in [-0.05, 0) is 50.1 Å². The average Bonchev–Trinajstić information content (AvgIpc) is 3.23. The average molecular weight is 350 g/mol. The Labute approximate surface area is 154 Å². The fourth-order valence-electron chi connectivity index (χ4n) is 3.87. The van der Waals surface area contributed by atoms with Gasteiger partial charge in [-0.3, -0.25) is 19.2 Å². The second kappa shape index (κ2) is 7.03. The highest BCUT2D eigenvalue weighted by molar-refractivity contribution is 5.62. The summed E-state index contributed by atoms with van der Waals surface area (Å²) in [4.78, 5) is 7.39. The predicted molar refractivity (Wildman–Crippen MR) is 102 cm³/mol. The minimum atomic E-state index is 0.479. The Morgan fingerprint density at radius 2 is 2.04 bits per heavy atom. The number of nitrogens with zero attached hydrogens (tertiary/aromatic N) is 6. The number of aryl methyl sites for hydroxylation is 3. The third kappa shape index (κ3) is 3.55. The van der Waals surface area contributed by atoms with Crippen molar-refractivity contribution in [2.45, 2.75) is 32.2 Å². The van der Waals surface area contributed by atoms with Gasteiger partial charge >= 0.3 is 0 Å². The molecule has 1 fully saturated rings. The largest absolute Gasteiger partial charge is 0.297 e. The smallest absolute Gasteiger partial charge is 0.0568 e. The fourth-order valence-corrected chi connectivity index (χ4v) is 3.87. The monoisotopic (exact) mass is 350 g/mol. The number of hydrogen-bond acceptors (Lipinski definition) is 4. The van der Waals surface area contributed by atoms with E-state index in [1.54, 1.807) is 0 Å². The van der Waals surface area contributed by atoms with Gasteiger partial charge in [0.05, 0.1) is 11.9 Å². The molecule has 0 amide bonds. The Morgan fingerprint density at radius 3 is 2.77 bits per heavy atom. The molecule has 0 aromatic carbocycles. The molecule has 0 spiro atoms. The van der Waals surface area contributed by atoms with Crippen LogP contribution in [0.4, 0.5) is 0 Å². The lowest BCUT2D eigenvalue weighted by molar-refractivity contribution is 0.194. The molecule has 0 N–H and O–H groups in total. The van der Waals surface area contributed by atoms with Gasteiger partial charge in [0.2, 0.25) is 0 Å². The Morgan fingerprint density at radius 1 is 1.15 bits per heavy atom. The van der Waals surface area contributed by atoms with Crippen LogP contribution in [0.2, 0.25) is 0 Å². The van der Waals surface area contributed by atoms with Crippen LogP contribution >= 0.6 is 0 Å². The maximum Gasteiger partial charge on any atom is 0.0568 e. The number of likely N-dealkylation sites (tertiary alicyclic amines) is 1. The molecule has 4 rings (SSSR count). The van der Waals surface area contributed by atoms with Crippen LogP contribution in [-0.4, -0.2) is 42.5 Å². The van der Waals surface area contributed by atoms with E-state index in [-0.39, 0.29) is 0 Å². The Balaban J connectivity index is 1.55. The van der Waals surface area contributed by atoms with Gasteiger partial charge in [0.1, 0.15) is 0 Å². The molecule has 1 aliphatic rings. The Bertz CT molecular complexity index is 893. The second-order valence-corrected chi connectivity index (χ2v) is 7.35. The zero-order valence-electron chi connectivity index (χ0n) is 15.8. The molecule has 0 unspecified atom stereocenters. The molecule has 136 valence electrons. The van der Waals surface area contributed by atoms with Crippen LogP contribution in [-0.2, 0) is 20.6 Å². The van der Waals surface area contributed by atoms with Gasteiger partial charge in [-0.2, -0.15) is 10.2 Å². The highest BCUT2D eigenvalue weighted by Gasteiger charge is 2.23. The minimum Gasteiger partial charge on any atom is -0.297 e. The summed E-state index contributed by atoms with van der Waals surface area (Å²) < 4.78 is 3.82. The van der Waals surface area contributed by atoms with Crippen molar-refractivity contribution in [2.24, 2.45) is 14.1 Å². The molecule has 6 nitrogen and oxygen atoms in total. The highest BCUT2D eigenvalue weighted by atomic mass is 15.3. The molecule has 0 aliphatic carbocycles. The van der Waals surface area contributed by atoms with E-state index in [4.69, 9.17) is 4.98 Å². The summed E-state index contributed by atoms with van der Waals surface area (Å²) in [7, 11) is 3.97. The summed E-state index contributed by atoms with van der Waals surface area (Å²) in [6, 6.07) is 6.51. The number of rotatable bonds is 4. The molecule has 26 heavy (non-hydrogen) atoms. The molecular formula is C20H26N6. The normalized spacial score (nSPS) is 18.3. The van der Waals surface area contributed by atoms with E-state index in [2.05, 4.69) is 46.4 Å². The molecule has 3 aromatic rings. The zero-order chi connectivity index (χ0) is 18.1. The number of aromatic nitrogens is 5. The van der Waals surface area contributed by atoms with E-state index in [1.165, 1.54) is 29.8 Å². The zero-order valence-corrected chi connectivity index (χ0v) is 15.8. The van der Waals surface area contributed by atoms with E-state index in [9.17, 15) is 0 Å². The Hall–Kier alpha value is -2.47. The molecule has 1 saturated heterocycles. The van der Waals surface area contributed by atoms with E-state index in [0.717, 1.165) is 30.9 Å². The van der Waals surface area contributed by atoms with Crippen LogP contribution in [0.1, 0.15) is 35.8 Å². The summed E-state index contributed by atoms with van der Waals surface area (Å²) in [5.74, 6) is 0.479. The molecule has 4 heterocycles. The number of hydrogen-bond donors (Lipinski definition) is 0. The topological polar surface area (TPSA) is 51.8 Å². The first-order valence-electron chi connectivity index (χ1n) is 9.25. The lowest BCUT2D eigenvalue weighted by atomic mass is 9.92. The van der Waals surface area contributed by atoms with Crippen LogP contribution < -0.4 is 0 Å². The quantitative estimate of drug-likeness (QED) is 0.726. The van der Waals surface area contributed by atoms with Crippen LogP contribution in [0.15, 0.2) is 36.8 Å². The molecule has 3 aromatic heterocycles. The summed E-state index contributed by atoms with van der Waals surface area (Å²) in [6.07, 6.45) is 8.27. The van der Waals surface area contributed by atoms with Gasteiger partial charge in [-0.15, -0.1) is 0 Å². The van der Waals surface area contributed by atoms with Crippen molar-refractivity contribution in [1.29, 1.82) is 0 Å². The SMILES string of the molecule is Cc1cc(-c2cnn(C)c2)cc([C@@H]2CCCN(Cc3ccnn3C)C2)n1. The first kappa shape index (κ1) is 17.0. The fraction of sp³-hybridized carbons (Fsp3) is 0.450. The van der Waals surface area contributed by atoms with Crippen molar-refractivity contribution in [3.8, 4) is 11.1 Å². The van der Waals surface area contributed by atoms with Gasteiger partial charge in [0.25, 0.3) is 0 Å². The second-order valence-electron chi connectivity index (χ2n) is 7.35. The third-order valence-electron chi connectivity index (χ3n) is 5.24. The van der Waals surface area contributed by atoms with Gasteiger partial charge < -0.3 is 0 Å². The summed E-state index contributed by atoms with van der Waals surface area (Å²) in [6.45, 7) is 5.23. The van der Waals surface area contributed by atoms with Crippen molar-refractivity contribution in [3.05, 3.63) is 53.9 Å². The minimum absolute atomic E-state index is 0.479. The standard InChI is InChI=1S/C20H26N6/c1-15-9-17(18-11-22-24(2)12-18)10-20(23-15)16-5-4-8-26(13-16)14-19-6-7-21-25(19)3/h6-7,9-12,16H,4-5,8,13-14H2,1-3H3/t16-/m1/s1. The summed E-state index contributed by atoms with van der Waals surface area (Å²) in [5.41, 5.74) is 5.91. The number of pyridine rings is 1. The summed E-state index contributed by atoms with van der Waals surface area (Å²) >= 11 is 0. The van der Waals surface area contributed by atoms with Gasteiger partial charge in [0, 0.05) is 62.4 Å².